The number of hydrogen-bond donors (Lipinski definition) is 0. The summed E-state index contributed by atoms with van der Waals surface area (Å²) in [7, 11) is 0. The summed E-state index contributed by atoms with van der Waals surface area (Å²) in [4.78, 5) is 11.0. The average Bonchev–Trinajstić information content (AvgIpc) is 2.93. The van der Waals surface area contributed by atoms with Crippen molar-refractivity contribution in [2.24, 2.45) is 0 Å². The smallest absolute Gasteiger partial charge is 0.308 e. The van der Waals surface area contributed by atoms with Crippen molar-refractivity contribution in [2.45, 2.75) is 13.8 Å². The molecule has 3 rings (SSSR count). The Kier molecular flexibility index (Phi) is 3.59. The van der Waals surface area contributed by atoms with Crippen molar-refractivity contribution in [3.8, 4) is 28.4 Å². The molecule has 0 saturated carbocycles. The molecule has 22 heavy (non-hydrogen) atoms. The van der Waals surface area contributed by atoms with E-state index in [0.717, 1.165) is 33.8 Å². The van der Waals surface area contributed by atoms with Crippen LogP contribution >= 0.6 is 0 Å². The third-order valence-electron chi connectivity index (χ3n) is 3.40. The molecule has 1 heterocycles. The number of benzene rings is 2. The maximum Gasteiger partial charge on any atom is 0.308 e. The van der Waals surface area contributed by atoms with Crippen LogP contribution in [0, 0.1) is 0 Å². The minimum absolute atomic E-state index is 0.236. The summed E-state index contributed by atoms with van der Waals surface area (Å²) in [5.41, 5.74) is 3.94. The first-order valence-corrected chi connectivity index (χ1v) is 6.93. The predicted octanol–water partition coefficient (Wildman–Crippen LogP) is 4.04. The van der Waals surface area contributed by atoms with E-state index >= 15 is 0 Å². The lowest BCUT2D eigenvalue weighted by Crippen LogP contribution is -2.00. The standard InChI is InChI=1S/C18H16O4/c1-11(2)15-8-17-18(21-10-20-17)9-16(15)13-4-6-14(7-5-13)22-12(3)19/h4-9H,1,10H2,2-3H3. The highest BCUT2D eigenvalue weighted by molar-refractivity contribution is 5.83. The van der Waals surface area contributed by atoms with Crippen molar-refractivity contribution >= 4 is 11.5 Å². The molecule has 0 aromatic heterocycles. The van der Waals surface area contributed by atoms with E-state index in [4.69, 9.17) is 14.2 Å². The number of allylic oxidation sites excluding steroid dienone is 1. The Labute approximate surface area is 128 Å². The van der Waals surface area contributed by atoms with Gasteiger partial charge in [0.05, 0.1) is 0 Å². The van der Waals surface area contributed by atoms with Crippen LogP contribution in [-0.2, 0) is 4.79 Å². The zero-order valence-corrected chi connectivity index (χ0v) is 12.5. The highest BCUT2D eigenvalue weighted by Crippen LogP contribution is 2.41. The maximum absolute atomic E-state index is 11.0. The van der Waals surface area contributed by atoms with Crippen LogP contribution in [0.2, 0.25) is 0 Å². The number of ether oxygens (including phenoxy) is 3. The second-order valence-electron chi connectivity index (χ2n) is 5.15. The van der Waals surface area contributed by atoms with E-state index in [9.17, 15) is 4.79 Å². The number of carbonyl (C=O) groups excluding carboxylic acids is 1. The van der Waals surface area contributed by atoms with Gasteiger partial charge in [-0.15, -0.1) is 0 Å². The summed E-state index contributed by atoms with van der Waals surface area (Å²) in [6, 6.07) is 11.2. The fourth-order valence-corrected chi connectivity index (χ4v) is 2.40. The second kappa shape index (κ2) is 5.56. The number of hydrogen-bond acceptors (Lipinski definition) is 4. The lowest BCUT2D eigenvalue weighted by molar-refractivity contribution is -0.131. The van der Waals surface area contributed by atoms with E-state index in [1.165, 1.54) is 6.92 Å². The molecule has 1 aliphatic rings. The SMILES string of the molecule is C=C(C)c1cc2c(cc1-c1ccc(OC(C)=O)cc1)OCO2. The molecule has 0 aliphatic carbocycles. The number of esters is 1. The molecule has 2 aromatic carbocycles. The normalized spacial score (nSPS) is 12.1. The van der Waals surface area contributed by atoms with E-state index in [0.29, 0.717) is 5.75 Å². The topological polar surface area (TPSA) is 44.8 Å². The molecular formula is C18H16O4. The molecule has 1 aliphatic heterocycles. The predicted molar refractivity (Wildman–Crippen MR) is 84.0 cm³/mol. The highest BCUT2D eigenvalue weighted by atomic mass is 16.7. The number of rotatable bonds is 3. The van der Waals surface area contributed by atoms with Crippen LogP contribution in [0.5, 0.6) is 17.2 Å². The molecule has 0 saturated heterocycles. The van der Waals surface area contributed by atoms with E-state index in [-0.39, 0.29) is 12.8 Å². The number of carbonyl (C=O) groups is 1. The fourth-order valence-electron chi connectivity index (χ4n) is 2.40. The first kappa shape index (κ1) is 14.2. The van der Waals surface area contributed by atoms with Gasteiger partial charge in [0.25, 0.3) is 0 Å². The Bertz CT molecular complexity index is 744. The maximum atomic E-state index is 11.0. The summed E-state index contributed by atoms with van der Waals surface area (Å²) < 4.78 is 15.9. The minimum atomic E-state index is -0.335. The van der Waals surface area contributed by atoms with Crippen molar-refractivity contribution in [1.29, 1.82) is 0 Å². The van der Waals surface area contributed by atoms with Gasteiger partial charge in [-0.25, -0.2) is 0 Å². The van der Waals surface area contributed by atoms with E-state index < -0.39 is 0 Å². The third kappa shape index (κ3) is 2.68. The van der Waals surface area contributed by atoms with Crippen LogP contribution in [0.4, 0.5) is 0 Å². The summed E-state index contributed by atoms with van der Waals surface area (Å²) in [6.07, 6.45) is 0. The second-order valence-corrected chi connectivity index (χ2v) is 5.15. The molecule has 2 aromatic rings. The van der Waals surface area contributed by atoms with Gasteiger partial charge < -0.3 is 14.2 Å². The molecular weight excluding hydrogens is 280 g/mol. The van der Waals surface area contributed by atoms with Gasteiger partial charge in [-0.3, -0.25) is 4.79 Å². The van der Waals surface area contributed by atoms with Crippen LogP contribution in [0.1, 0.15) is 19.4 Å². The Hall–Kier alpha value is -2.75. The summed E-state index contributed by atoms with van der Waals surface area (Å²) in [5.74, 6) is 1.65. The first-order valence-electron chi connectivity index (χ1n) is 6.93. The van der Waals surface area contributed by atoms with Crippen molar-refractivity contribution in [2.75, 3.05) is 6.79 Å². The zero-order chi connectivity index (χ0) is 15.7. The van der Waals surface area contributed by atoms with Crippen molar-refractivity contribution in [1.82, 2.24) is 0 Å². The van der Waals surface area contributed by atoms with Crippen LogP contribution in [0.25, 0.3) is 16.7 Å². The molecule has 112 valence electrons. The van der Waals surface area contributed by atoms with Gasteiger partial charge in [0.15, 0.2) is 11.5 Å². The molecule has 0 spiro atoms. The Morgan fingerprint density at radius 3 is 2.32 bits per heavy atom. The van der Waals surface area contributed by atoms with Gasteiger partial charge >= 0.3 is 5.97 Å². The van der Waals surface area contributed by atoms with E-state index in [1.807, 2.05) is 31.2 Å². The third-order valence-corrected chi connectivity index (χ3v) is 3.40. The molecule has 0 bridgehead atoms. The summed E-state index contributed by atoms with van der Waals surface area (Å²) in [5, 5.41) is 0. The molecule has 4 heteroatoms. The lowest BCUT2D eigenvalue weighted by Gasteiger charge is -2.12. The van der Waals surface area contributed by atoms with Crippen LogP contribution in [0.3, 0.4) is 0 Å². The Morgan fingerprint density at radius 2 is 1.73 bits per heavy atom. The minimum Gasteiger partial charge on any atom is -0.454 e. The van der Waals surface area contributed by atoms with Gasteiger partial charge in [-0.1, -0.05) is 24.3 Å². The van der Waals surface area contributed by atoms with Gasteiger partial charge in [-0.2, -0.15) is 0 Å². The fraction of sp³-hybridized carbons (Fsp3) is 0.167. The van der Waals surface area contributed by atoms with Crippen LogP contribution in [-0.4, -0.2) is 12.8 Å². The zero-order valence-electron chi connectivity index (χ0n) is 12.5. The van der Waals surface area contributed by atoms with E-state index in [1.54, 1.807) is 12.1 Å². The molecule has 0 atom stereocenters. The quantitative estimate of drug-likeness (QED) is 0.633. The highest BCUT2D eigenvalue weighted by Gasteiger charge is 2.18. The summed E-state index contributed by atoms with van der Waals surface area (Å²) in [6.45, 7) is 7.60. The van der Waals surface area contributed by atoms with Gasteiger partial charge in [0.1, 0.15) is 5.75 Å². The van der Waals surface area contributed by atoms with Gasteiger partial charge in [0.2, 0.25) is 6.79 Å². The average molecular weight is 296 g/mol. The van der Waals surface area contributed by atoms with Crippen LogP contribution < -0.4 is 14.2 Å². The Balaban J connectivity index is 2.03. The molecule has 0 unspecified atom stereocenters. The Morgan fingerprint density at radius 1 is 1.09 bits per heavy atom. The molecule has 0 N–H and O–H groups in total. The number of fused-ring (bicyclic) bond motifs is 1. The van der Waals surface area contributed by atoms with Gasteiger partial charge in [-0.05, 0) is 47.9 Å². The molecule has 4 nitrogen and oxygen atoms in total. The summed E-state index contributed by atoms with van der Waals surface area (Å²) >= 11 is 0. The first-order chi connectivity index (χ1) is 10.5. The molecule has 0 radical (unpaired) electrons. The van der Waals surface area contributed by atoms with Crippen LogP contribution in [0.15, 0.2) is 43.0 Å². The molecule has 0 amide bonds. The van der Waals surface area contributed by atoms with Crippen molar-refractivity contribution in [3.63, 3.8) is 0 Å². The van der Waals surface area contributed by atoms with E-state index in [2.05, 4.69) is 6.58 Å². The monoisotopic (exact) mass is 296 g/mol. The largest absolute Gasteiger partial charge is 0.454 e. The lowest BCUT2D eigenvalue weighted by atomic mass is 9.95. The van der Waals surface area contributed by atoms with Crippen molar-refractivity contribution < 1.29 is 19.0 Å². The molecule has 0 fully saturated rings. The van der Waals surface area contributed by atoms with Crippen molar-refractivity contribution in [3.05, 3.63) is 48.5 Å². The van der Waals surface area contributed by atoms with Gasteiger partial charge in [0, 0.05) is 6.92 Å².